The largest absolute Gasteiger partial charge is 0.486 e. The third kappa shape index (κ3) is 2.52. The Kier molecular flexibility index (Phi) is 3.24. The van der Waals surface area contributed by atoms with Gasteiger partial charge in [0, 0.05) is 12.1 Å². The van der Waals surface area contributed by atoms with Gasteiger partial charge in [0.25, 0.3) is 0 Å². The van der Waals surface area contributed by atoms with Crippen molar-refractivity contribution in [2.75, 3.05) is 6.61 Å². The van der Waals surface area contributed by atoms with Crippen molar-refractivity contribution in [2.45, 2.75) is 18.9 Å². The Labute approximate surface area is 95.4 Å². The van der Waals surface area contributed by atoms with Crippen molar-refractivity contribution in [2.24, 2.45) is 11.7 Å². The van der Waals surface area contributed by atoms with Crippen molar-refractivity contribution >= 4 is 0 Å². The molecule has 2 N–H and O–H groups in total. The van der Waals surface area contributed by atoms with E-state index in [1.54, 1.807) is 0 Å². The SMILES string of the molecule is NC(COc1c(F)c(F)cc(F)c1F)C1CC1. The molecular weight excluding hydrogens is 238 g/mol. The second-order valence-corrected chi connectivity index (χ2v) is 4.11. The van der Waals surface area contributed by atoms with Gasteiger partial charge in [-0.1, -0.05) is 0 Å². The minimum absolute atomic E-state index is 0.137. The van der Waals surface area contributed by atoms with Crippen LogP contribution in [0.2, 0.25) is 0 Å². The van der Waals surface area contributed by atoms with E-state index in [-0.39, 0.29) is 24.6 Å². The maximum absolute atomic E-state index is 13.2. The van der Waals surface area contributed by atoms with E-state index in [9.17, 15) is 17.6 Å². The molecule has 0 aliphatic heterocycles. The van der Waals surface area contributed by atoms with Gasteiger partial charge in [-0.2, -0.15) is 8.78 Å². The lowest BCUT2D eigenvalue weighted by Gasteiger charge is -2.13. The lowest BCUT2D eigenvalue weighted by Crippen LogP contribution is -2.30. The number of halogens is 4. The summed E-state index contributed by atoms with van der Waals surface area (Å²) in [7, 11) is 0. The second-order valence-electron chi connectivity index (χ2n) is 4.11. The molecule has 1 unspecified atom stereocenters. The highest BCUT2D eigenvalue weighted by atomic mass is 19.2. The standard InChI is InChI=1S/C11H11F4NO/c12-6-3-7(13)10(15)11(9(6)14)17-4-8(16)5-1-2-5/h3,5,8H,1-2,4,16H2. The summed E-state index contributed by atoms with van der Waals surface area (Å²) in [5, 5.41) is 0. The summed E-state index contributed by atoms with van der Waals surface area (Å²) >= 11 is 0. The predicted molar refractivity (Wildman–Crippen MR) is 52.5 cm³/mol. The average molecular weight is 249 g/mol. The molecule has 0 aromatic heterocycles. The number of rotatable bonds is 4. The number of hydrogen-bond donors (Lipinski definition) is 1. The molecule has 0 spiro atoms. The van der Waals surface area contributed by atoms with E-state index in [2.05, 4.69) is 0 Å². The third-order valence-corrected chi connectivity index (χ3v) is 2.72. The zero-order valence-electron chi connectivity index (χ0n) is 8.85. The molecule has 1 aromatic carbocycles. The van der Waals surface area contributed by atoms with Crippen LogP contribution in [0.1, 0.15) is 12.8 Å². The molecule has 0 bridgehead atoms. The fourth-order valence-corrected chi connectivity index (χ4v) is 1.52. The van der Waals surface area contributed by atoms with Crippen molar-refractivity contribution in [1.29, 1.82) is 0 Å². The summed E-state index contributed by atoms with van der Waals surface area (Å²) in [6.07, 6.45) is 1.88. The number of ether oxygens (including phenoxy) is 1. The second kappa shape index (κ2) is 4.52. The van der Waals surface area contributed by atoms with Crippen LogP contribution < -0.4 is 10.5 Å². The molecular formula is C11H11F4NO. The van der Waals surface area contributed by atoms with Crippen molar-refractivity contribution in [3.05, 3.63) is 29.3 Å². The van der Waals surface area contributed by atoms with Gasteiger partial charge in [0.15, 0.2) is 17.4 Å². The van der Waals surface area contributed by atoms with Crippen LogP contribution in [0.25, 0.3) is 0 Å². The average Bonchev–Trinajstić information content (AvgIpc) is 3.10. The van der Waals surface area contributed by atoms with Gasteiger partial charge in [-0.15, -0.1) is 0 Å². The molecule has 1 aliphatic carbocycles. The van der Waals surface area contributed by atoms with E-state index in [0.29, 0.717) is 0 Å². The number of hydrogen-bond acceptors (Lipinski definition) is 2. The van der Waals surface area contributed by atoms with Crippen LogP contribution in [-0.4, -0.2) is 12.6 Å². The first-order valence-electron chi connectivity index (χ1n) is 5.22. The molecule has 2 rings (SSSR count). The molecule has 1 aromatic rings. The van der Waals surface area contributed by atoms with Gasteiger partial charge in [0.05, 0.1) is 0 Å². The molecule has 0 amide bonds. The molecule has 1 atom stereocenters. The molecule has 1 fully saturated rings. The molecule has 0 radical (unpaired) electrons. The van der Waals surface area contributed by atoms with Gasteiger partial charge in [0.2, 0.25) is 11.6 Å². The lowest BCUT2D eigenvalue weighted by atomic mass is 10.2. The van der Waals surface area contributed by atoms with Crippen LogP contribution in [0.5, 0.6) is 5.75 Å². The Balaban J connectivity index is 2.13. The molecule has 94 valence electrons. The topological polar surface area (TPSA) is 35.2 Å². The smallest absolute Gasteiger partial charge is 0.203 e. The molecule has 6 heteroatoms. The van der Waals surface area contributed by atoms with Crippen LogP contribution >= 0.6 is 0 Å². The summed E-state index contributed by atoms with van der Waals surface area (Å²) in [6, 6.07) is -0.238. The molecule has 0 saturated heterocycles. The zero-order valence-corrected chi connectivity index (χ0v) is 8.85. The Morgan fingerprint density at radius 2 is 1.71 bits per heavy atom. The van der Waals surface area contributed by atoms with Gasteiger partial charge in [-0.25, -0.2) is 8.78 Å². The van der Waals surface area contributed by atoms with E-state index < -0.39 is 29.0 Å². The molecule has 1 saturated carbocycles. The van der Waals surface area contributed by atoms with Gasteiger partial charge in [0.1, 0.15) is 6.61 Å². The predicted octanol–water partition coefficient (Wildman–Crippen LogP) is 2.36. The van der Waals surface area contributed by atoms with E-state index in [0.717, 1.165) is 12.8 Å². The summed E-state index contributed by atoms with van der Waals surface area (Å²) in [6.45, 7) is -0.165. The van der Waals surface area contributed by atoms with E-state index >= 15 is 0 Å². The van der Waals surface area contributed by atoms with Crippen LogP contribution in [0, 0.1) is 29.2 Å². The molecule has 1 aliphatic rings. The Morgan fingerprint density at radius 1 is 1.18 bits per heavy atom. The maximum atomic E-state index is 13.2. The normalized spacial score (nSPS) is 17.0. The summed E-state index contributed by atoms with van der Waals surface area (Å²) in [5.41, 5.74) is 5.65. The monoisotopic (exact) mass is 249 g/mol. The highest BCUT2D eigenvalue weighted by Crippen LogP contribution is 2.32. The Bertz CT molecular complexity index is 408. The first-order chi connectivity index (χ1) is 8.00. The molecule has 2 nitrogen and oxygen atoms in total. The first-order valence-corrected chi connectivity index (χ1v) is 5.22. The van der Waals surface area contributed by atoms with Crippen molar-refractivity contribution in [3.8, 4) is 5.75 Å². The molecule has 17 heavy (non-hydrogen) atoms. The Hall–Kier alpha value is -1.30. The maximum Gasteiger partial charge on any atom is 0.203 e. The van der Waals surface area contributed by atoms with E-state index in [1.807, 2.05) is 0 Å². The lowest BCUT2D eigenvalue weighted by molar-refractivity contribution is 0.243. The highest BCUT2D eigenvalue weighted by Gasteiger charge is 2.30. The van der Waals surface area contributed by atoms with E-state index in [1.165, 1.54) is 0 Å². The van der Waals surface area contributed by atoms with Crippen molar-refractivity contribution < 1.29 is 22.3 Å². The van der Waals surface area contributed by atoms with Crippen LogP contribution in [0.4, 0.5) is 17.6 Å². The van der Waals surface area contributed by atoms with Crippen molar-refractivity contribution in [3.63, 3.8) is 0 Å². The highest BCUT2D eigenvalue weighted by molar-refractivity contribution is 5.28. The zero-order chi connectivity index (χ0) is 12.6. The molecule has 0 heterocycles. The fraction of sp³-hybridized carbons (Fsp3) is 0.455. The number of nitrogens with two attached hydrogens (primary N) is 1. The quantitative estimate of drug-likeness (QED) is 0.656. The van der Waals surface area contributed by atoms with Crippen LogP contribution in [0.15, 0.2) is 6.07 Å². The van der Waals surface area contributed by atoms with Gasteiger partial charge < -0.3 is 10.5 Å². The summed E-state index contributed by atoms with van der Waals surface area (Å²) in [4.78, 5) is 0. The third-order valence-electron chi connectivity index (χ3n) is 2.72. The first kappa shape index (κ1) is 12.2. The van der Waals surface area contributed by atoms with Crippen LogP contribution in [0.3, 0.4) is 0 Å². The summed E-state index contributed by atoms with van der Waals surface area (Å²) < 4.78 is 56.7. The minimum atomic E-state index is -1.54. The van der Waals surface area contributed by atoms with Gasteiger partial charge in [-0.05, 0) is 18.8 Å². The fourth-order valence-electron chi connectivity index (χ4n) is 1.52. The summed E-state index contributed by atoms with van der Waals surface area (Å²) in [5.74, 6) is -6.82. The van der Waals surface area contributed by atoms with E-state index in [4.69, 9.17) is 10.5 Å². The number of benzene rings is 1. The van der Waals surface area contributed by atoms with Crippen LogP contribution in [-0.2, 0) is 0 Å². The Morgan fingerprint density at radius 3 is 2.18 bits per heavy atom. The minimum Gasteiger partial charge on any atom is -0.486 e. The van der Waals surface area contributed by atoms with Gasteiger partial charge >= 0.3 is 0 Å². The van der Waals surface area contributed by atoms with Gasteiger partial charge in [-0.3, -0.25) is 0 Å². The van der Waals surface area contributed by atoms with Crippen molar-refractivity contribution in [1.82, 2.24) is 0 Å².